The fourth-order valence-electron chi connectivity index (χ4n) is 12.6. The van der Waals surface area contributed by atoms with E-state index in [0.29, 0.717) is 99.6 Å². The third kappa shape index (κ3) is 26.9. The molecule has 4 bridgehead atoms. The number of unbranched alkanes of at least 4 members (excludes halogenated alkanes) is 3. The summed E-state index contributed by atoms with van der Waals surface area (Å²) in [5.74, 6) is -11.1. The summed E-state index contributed by atoms with van der Waals surface area (Å²) in [6.07, 6.45) is 6.87. The first-order chi connectivity index (χ1) is 49.8. The molecule has 104 heavy (non-hydrogen) atoms. The predicted molar refractivity (Wildman–Crippen MR) is 396 cm³/mol. The van der Waals surface area contributed by atoms with Gasteiger partial charge in [-0.15, -0.1) is 0 Å². The second-order valence-electron chi connectivity index (χ2n) is 27.4. The van der Waals surface area contributed by atoms with Gasteiger partial charge in [0.05, 0.1) is 19.6 Å². The molecule has 2 aromatic carbocycles. The van der Waals surface area contributed by atoms with Crippen molar-refractivity contribution in [3.05, 3.63) is 65.4 Å². The molecule has 4 heterocycles. The summed E-state index contributed by atoms with van der Waals surface area (Å²) < 4.78 is 6.33. The number of hydrogen-bond donors (Lipinski definition) is 15. The number of ether oxygens (including phenoxy) is 1. The topological polar surface area (TPSA) is 469 Å². The molecule has 18 N–H and O–H groups in total. The molecule has 12 amide bonds. The highest BCUT2D eigenvalue weighted by Crippen LogP contribution is 2.28. The Labute approximate surface area is 616 Å². The Balaban J connectivity index is 1.43. The van der Waals surface area contributed by atoms with Crippen molar-refractivity contribution in [1.29, 1.82) is 0 Å². The average molecular weight is 1490 g/mol. The van der Waals surface area contributed by atoms with Gasteiger partial charge in [-0.3, -0.25) is 62.3 Å². The van der Waals surface area contributed by atoms with Crippen molar-refractivity contribution >= 4 is 111 Å². The van der Waals surface area contributed by atoms with E-state index in [9.17, 15) is 62.6 Å². The number of aliphatic carboxylic acids is 1. The van der Waals surface area contributed by atoms with E-state index in [4.69, 9.17) is 21.9 Å². The molecule has 0 unspecified atom stereocenters. The van der Waals surface area contributed by atoms with Gasteiger partial charge in [0.15, 0.2) is 0 Å². The molecule has 30 nitrogen and oxygen atoms in total. The SMILES string of the molecule is CCCC[C@@H]1NC(=O)[C@@H]2CCCN2C(=O)[C@@H]2CSCc3cc(cc(c3)OCCCCCCC(=O)NCC(=O)N[C@@H](CCCCN)C(=O)N2)CSC[C@@H](C(N)=O)NC(=O)[C@H](CCCCN)NC(=O)[C@H](C(C)C)NC(=O)[C@H](Cc2c[nH]c3ccccc23)NC(=O)[C@H]([C@@H](C)CC)NC(=O)[C@H](CC(=O)O)NC1=O. The first kappa shape index (κ1) is 84.4. The Morgan fingerprint density at radius 1 is 0.615 bits per heavy atom. The number of carbonyl (C=O) groups excluding carboxylic acids is 12. The van der Waals surface area contributed by atoms with Crippen LogP contribution in [0.5, 0.6) is 5.75 Å². The van der Waals surface area contributed by atoms with Crippen molar-refractivity contribution in [3.63, 3.8) is 0 Å². The lowest BCUT2D eigenvalue weighted by molar-refractivity contribution is -0.143. The lowest BCUT2D eigenvalue weighted by Crippen LogP contribution is -2.62. The van der Waals surface area contributed by atoms with E-state index in [1.165, 1.54) is 28.4 Å². The van der Waals surface area contributed by atoms with E-state index in [-0.39, 0.29) is 87.0 Å². The monoisotopic (exact) mass is 1490 g/mol. The summed E-state index contributed by atoms with van der Waals surface area (Å²) >= 11 is 2.57. The van der Waals surface area contributed by atoms with Crippen LogP contribution < -0.4 is 75.1 Å². The van der Waals surface area contributed by atoms with Crippen LogP contribution in [0.2, 0.25) is 0 Å². The Hall–Kier alpha value is -8.49. The molecule has 0 spiro atoms. The van der Waals surface area contributed by atoms with Crippen LogP contribution in [0.4, 0.5) is 0 Å². The second-order valence-corrected chi connectivity index (χ2v) is 29.4. The van der Waals surface area contributed by atoms with Crippen LogP contribution in [0.15, 0.2) is 48.7 Å². The number of H-pyrrole nitrogens is 1. The van der Waals surface area contributed by atoms with Crippen LogP contribution in [-0.2, 0) is 80.3 Å². The first-order valence-electron chi connectivity index (χ1n) is 36.5. The number of nitrogens with zero attached hydrogens (tertiary/aromatic N) is 1. The molecule has 1 fully saturated rings. The van der Waals surface area contributed by atoms with Crippen molar-refractivity contribution in [3.8, 4) is 5.75 Å². The summed E-state index contributed by atoms with van der Waals surface area (Å²) in [6.45, 7) is 9.10. The zero-order chi connectivity index (χ0) is 75.8. The van der Waals surface area contributed by atoms with Crippen molar-refractivity contribution in [2.75, 3.05) is 44.3 Å². The van der Waals surface area contributed by atoms with E-state index in [1.807, 2.05) is 43.3 Å². The number of carboxylic acid groups (broad SMARTS) is 1. The molecule has 1 aromatic heterocycles. The lowest BCUT2D eigenvalue weighted by atomic mass is 9.96. The number of primary amides is 1. The minimum Gasteiger partial charge on any atom is -0.494 e. The zero-order valence-electron chi connectivity index (χ0n) is 60.5. The number of carboxylic acids is 1. The van der Waals surface area contributed by atoms with Gasteiger partial charge in [-0.05, 0) is 130 Å². The van der Waals surface area contributed by atoms with E-state index >= 15 is 4.79 Å². The Bertz CT molecular complexity index is 3430. The molecule has 0 aliphatic carbocycles. The molecule has 11 atom stereocenters. The minimum absolute atomic E-state index is 0.00870. The van der Waals surface area contributed by atoms with E-state index in [0.717, 1.165) is 17.5 Å². The van der Waals surface area contributed by atoms with E-state index in [1.54, 1.807) is 40.0 Å². The number of amides is 12. The predicted octanol–water partition coefficient (Wildman–Crippen LogP) is 1.81. The van der Waals surface area contributed by atoms with Crippen molar-refractivity contribution in [2.45, 2.75) is 229 Å². The van der Waals surface area contributed by atoms with Gasteiger partial charge >= 0.3 is 5.97 Å². The molecule has 3 aliphatic rings. The summed E-state index contributed by atoms with van der Waals surface area (Å²) in [6, 6.07) is -0.833. The highest BCUT2D eigenvalue weighted by atomic mass is 32.2. The largest absolute Gasteiger partial charge is 0.494 e. The fraction of sp³-hybridized carbons (Fsp3) is 0.625. The maximum atomic E-state index is 15.2. The molecule has 574 valence electrons. The second kappa shape index (κ2) is 43.7. The van der Waals surface area contributed by atoms with Crippen LogP contribution in [0.25, 0.3) is 10.9 Å². The Morgan fingerprint density at radius 2 is 1.19 bits per heavy atom. The number of benzene rings is 2. The van der Waals surface area contributed by atoms with Crippen molar-refractivity contribution in [1.82, 2.24) is 63.1 Å². The van der Waals surface area contributed by atoms with Crippen LogP contribution >= 0.6 is 23.5 Å². The van der Waals surface area contributed by atoms with Crippen LogP contribution in [0.1, 0.15) is 167 Å². The molecule has 32 heteroatoms. The molecular formula is C72H109N15O15S2. The number of carbonyl (C=O) groups is 13. The maximum Gasteiger partial charge on any atom is 0.305 e. The third-order valence-corrected chi connectivity index (χ3v) is 20.9. The van der Waals surface area contributed by atoms with Gasteiger partial charge in [0.25, 0.3) is 0 Å². The first-order valence-corrected chi connectivity index (χ1v) is 38.8. The summed E-state index contributed by atoms with van der Waals surface area (Å²) in [7, 11) is 0. The Kier molecular flexibility index (Phi) is 35.5. The normalized spacial score (nSPS) is 24.9. The standard InChI is InChI=1S/C72H109N15O15S2/c1-6-8-21-51-65(94)81-54(35-60(90)91)68(97)86-62(43(5)7-2)71(100)82-53(34-46-36-76-49-22-13-12-20-48(46)49)67(96)85-61(42(3)4)70(99)80-52(24-15-17-28-74)66(95)83-55(63(75)92)40-103-38-44-31-45-33-47(32-44)102-30-18-10-9-11-26-58(88)77-37-59(89)78-50(23-14-16-27-73)64(93)84-56(41-104-39-45)72(101)87-29-19-25-57(87)69(98)79-51/h12-13,20,22,31-33,36,42-43,50-57,61-62,76H,6-11,14-19,21,23-30,34-35,37-41,73-74H2,1-5H3,(H2,75,92)(H,77,88)(H,78,89)(H,79,98)(H,80,99)(H,81,94)(H,82,100)(H,83,95)(H,84,93)(H,85,96)(H,86,97)(H,90,91)/t43-,50-,51-,52-,53-,54-,55-,56-,57-,61-,62-/m0/s1. The lowest BCUT2D eigenvalue weighted by Gasteiger charge is -2.31. The highest BCUT2D eigenvalue weighted by molar-refractivity contribution is 7.98. The number of fused-ring (bicyclic) bond motifs is 7. The number of rotatable bonds is 19. The molecule has 3 aliphatic heterocycles. The van der Waals surface area contributed by atoms with Crippen LogP contribution in [-0.4, -0.2) is 197 Å². The number of nitrogens with one attached hydrogen (secondary N) is 11. The van der Waals surface area contributed by atoms with Gasteiger partial charge in [-0.25, -0.2) is 0 Å². The van der Waals surface area contributed by atoms with E-state index in [2.05, 4.69) is 58.2 Å². The van der Waals surface area contributed by atoms with Crippen LogP contribution in [0, 0.1) is 11.8 Å². The van der Waals surface area contributed by atoms with E-state index < -0.39 is 156 Å². The number of thioether (sulfide) groups is 2. The molecular weight excluding hydrogens is 1380 g/mol. The fourth-order valence-corrected chi connectivity index (χ4v) is 14.5. The molecule has 1 saturated heterocycles. The number of aromatic nitrogens is 1. The molecule has 0 saturated carbocycles. The van der Waals surface area contributed by atoms with Crippen LogP contribution in [0.3, 0.4) is 0 Å². The van der Waals surface area contributed by atoms with Gasteiger partial charge in [-0.2, -0.15) is 23.5 Å². The van der Waals surface area contributed by atoms with Gasteiger partial charge in [0.2, 0.25) is 70.9 Å². The van der Waals surface area contributed by atoms with Gasteiger partial charge in [0, 0.05) is 59.5 Å². The number of nitrogens with two attached hydrogens (primary N) is 3. The highest BCUT2D eigenvalue weighted by Gasteiger charge is 2.42. The molecule has 6 rings (SSSR count). The van der Waals surface area contributed by atoms with Crippen molar-refractivity contribution in [2.24, 2.45) is 29.0 Å². The minimum atomic E-state index is -1.84. The summed E-state index contributed by atoms with van der Waals surface area (Å²) in [4.78, 5) is 190. The smallest absolute Gasteiger partial charge is 0.305 e. The molecule has 0 radical (unpaired) electrons. The Morgan fingerprint density at radius 3 is 1.85 bits per heavy atom. The van der Waals surface area contributed by atoms with Gasteiger partial charge < -0.3 is 90.1 Å². The quantitative estimate of drug-likeness (QED) is 0.0761. The summed E-state index contributed by atoms with van der Waals surface area (Å²) in [5.41, 5.74) is 20.5. The third-order valence-electron chi connectivity index (χ3n) is 18.7. The van der Waals surface area contributed by atoms with Crippen molar-refractivity contribution < 1.29 is 72.2 Å². The number of para-hydroxylation sites is 1. The van der Waals surface area contributed by atoms with Gasteiger partial charge in [-0.1, -0.05) is 91.0 Å². The zero-order valence-corrected chi connectivity index (χ0v) is 62.1. The molecule has 3 aromatic rings. The maximum absolute atomic E-state index is 15.2. The van der Waals surface area contributed by atoms with Gasteiger partial charge in [0.1, 0.15) is 66.2 Å². The summed E-state index contributed by atoms with van der Waals surface area (Å²) in [5, 5.41) is 38.3. The number of hydrogen-bond acceptors (Lipinski definition) is 18. The average Bonchev–Trinajstić information content (AvgIpc) is 1.65. The number of aromatic amines is 1.